The van der Waals surface area contributed by atoms with Crippen molar-refractivity contribution >= 4 is 46.1 Å². The molecule has 0 spiro atoms. The van der Waals surface area contributed by atoms with E-state index in [-0.39, 0.29) is 41.7 Å². The second-order valence-corrected chi connectivity index (χ2v) is 15.7. The van der Waals surface area contributed by atoms with Crippen molar-refractivity contribution < 1.29 is 51.4 Å². The standard InChI is InChI=1S/C36H43F4N3O7S/c1-17(2)28(41)30(47)42-18(3)29(46)43-26-12-19(6-7-24(26)38)31(48)50-35(32(49)51-16-37)11-9-21-22-14-25(39)23-13-20(44)8-10-33(23,4)36(22,40)27(45)15-34(21,35)5/h6-8,10,12-13,17-18,21-22,25,27-28,45H,9,11,14-16,41H2,1-5H3,(H,42,47)(H,43,46)/t18-,21-,22-,25-,27-,28-,33-,34-,35-,36-/m0/s1. The number of rotatable bonds is 9. The van der Waals surface area contributed by atoms with Gasteiger partial charge in [0.1, 0.15) is 24.0 Å². The van der Waals surface area contributed by atoms with E-state index in [1.54, 1.807) is 13.8 Å². The topological polar surface area (TPSA) is 165 Å². The number of halogens is 4. The van der Waals surface area contributed by atoms with Crippen molar-refractivity contribution in [3.05, 3.63) is 53.4 Å². The van der Waals surface area contributed by atoms with E-state index in [1.807, 2.05) is 0 Å². The summed E-state index contributed by atoms with van der Waals surface area (Å²) in [6.07, 6.45) is -1.04. The molecule has 0 aliphatic heterocycles. The maximum Gasteiger partial charge on any atom is 0.339 e. The fourth-order valence-corrected chi connectivity index (χ4v) is 9.50. The highest BCUT2D eigenvalue weighted by Crippen LogP contribution is 2.71. The number of nitrogens with two attached hydrogens (primary N) is 1. The summed E-state index contributed by atoms with van der Waals surface area (Å²) in [6, 6.07) is -0.312. The van der Waals surface area contributed by atoms with E-state index in [0.717, 1.165) is 30.4 Å². The number of ketones is 1. The van der Waals surface area contributed by atoms with E-state index in [1.165, 1.54) is 26.8 Å². The van der Waals surface area contributed by atoms with Gasteiger partial charge in [0, 0.05) is 16.7 Å². The summed E-state index contributed by atoms with van der Waals surface area (Å²) in [5.74, 6) is -6.23. The number of carbonyl (C=O) groups excluding carboxylic acids is 5. The first kappa shape index (κ1) is 38.7. The lowest BCUT2D eigenvalue weighted by molar-refractivity contribution is -0.219. The molecule has 15 heteroatoms. The Morgan fingerprint density at radius 1 is 1.14 bits per heavy atom. The Kier molecular flexibility index (Phi) is 10.4. The van der Waals surface area contributed by atoms with E-state index < -0.39 is 117 Å². The van der Waals surface area contributed by atoms with Crippen LogP contribution in [-0.4, -0.2) is 75.4 Å². The van der Waals surface area contributed by atoms with E-state index >= 15 is 8.78 Å². The molecule has 0 unspecified atom stereocenters. The number of esters is 1. The molecular formula is C36H43F4N3O7S. The van der Waals surface area contributed by atoms with Crippen molar-refractivity contribution in [3.63, 3.8) is 0 Å². The summed E-state index contributed by atoms with van der Waals surface area (Å²) >= 11 is 0.242. The van der Waals surface area contributed by atoms with Crippen LogP contribution in [0.3, 0.4) is 0 Å². The van der Waals surface area contributed by atoms with Gasteiger partial charge >= 0.3 is 5.97 Å². The monoisotopic (exact) mass is 737 g/mol. The largest absolute Gasteiger partial charge is 0.446 e. The number of benzene rings is 1. The zero-order chi connectivity index (χ0) is 37.8. The summed E-state index contributed by atoms with van der Waals surface area (Å²) in [7, 11) is 0. The first-order valence-corrected chi connectivity index (χ1v) is 17.8. The predicted octanol–water partition coefficient (Wildman–Crippen LogP) is 4.65. The normalized spacial score (nSPS) is 35.1. The fourth-order valence-electron chi connectivity index (χ4n) is 8.79. The van der Waals surface area contributed by atoms with Crippen LogP contribution in [0.5, 0.6) is 0 Å². The molecule has 1 aromatic rings. The summed E-state index contributed by atoms with van der Waals surface area (Å²) in [5.41, 5.74) is -2.75. The van der Waals surface area contributed by atoms with Crippen molar-refractivity contribution in [1.82, 2.24) is 5.32 Å². The summed E-state index contributed by atoms with van der Waals surface area (Å²) < 4.78 is 68.0. The molecule has 3 fully saturated rings. The smallest absolute Gasteiger partial charge is 0.339 e. The predicted molar refractivity (Wildman–Crippen MR) is 181 cm³/mol. The Hall–Kier alpha value is -3.56. The van der Waals surface area contributed by atoms with Crippen molar-refractivity contribution in [2.75, 3.05) is 11.3 Å². The number of amides is 2. The molecule has 4 aliphatic carbocycles. The van der Waals surface area contributed by atoms with E-state index in [2.05, 4.69) is 10.6 Å². The van der Waals surface area contributed by atoms with Crippen LogP contribution in [0.1, 0.15) is 70.7 Å². The second kappa shape index (κ2) is 13.8. The lowest BCUT2D eigenvalue weighted by Crippen LogP contribution is -2.70. The van der Waals surface area contributed by atoms with Crippen LogP contribution in [0.15, 0.2) is 42.0 Å². The number of aliphatic hydroxyl groups is 1. The van der Waals surface area contributed by atoms with Crippen LogP contribution in [-0.2, 0) is 23.9 Å². The van der Waals surface area contributed by atoms with Gasteiger partial charge in [0.2, 0.25) is 16.9 Å². The zero-order valence-electron chi connectivity index (χ0n) is 28.9. The van der Waals surface area contributed by atoms with Gasteiger partial charge < -0.3 is 26.2 Å². The second-order valence-electron chi connectivity index (χ2n) is 14.8. The maximum absolute atomic E-state index is 17.6. The number of fused-ring (bicyclic) bond motifs is 5. The number of aliphatic hydroxyl groups excluding tert-OH is 1. The third kappa shape index (κ3) is 6.12. The van der Waals surface area contributed by atoms with Gasteiger partial charge in [0.15, 0.2) is 17.1 Å². The first-order chi connectivity index (χ1) is 23.8. The number of nitrogens with one attached hydrogen (secondary N) is 2. The molecule has 0 radical (unpaired) electrons. The summed E-state index contributed by atoms with van der Waals surface area (Å²) in [5, 5.41) is 15.5. The molecule has 2 amide bonds. The van der Waals surface area contributed by atoms with Gasteiger partial charge in [-0.15, -0.1) is 0 Å². The summed E-state index contributed by atoms with van der Waals surface area (Å²) in [6.45, 7) is 7.77. The molecular weight excluding hydrogens is 694 g/mol. The Morgan fingerprint density at radius 3 is 2.47 bits per heavy atom. The molecule has 3 saturated carbocycles. The number of hydrogen-bond acceptors (Lipinski definition) is 9. The van der Waals surface area contributed by atoms with Crippen LogP contribution in [0.25, 0.3) is 0 Å². The van der Waals surface area contributed by atoms with Crippen LogP contribution in [0.2, 0.25) is 0 Å². The maximum atomic E-state index is 17.6. The molecule has 10 nitrogen and oxygen atoms in total. The minimum atomic E-state index is -2.46. The molecule has 0 aromatic heterocycles. The molecule has 0 heterocycles. The Bertz CT molecular complexity index is 1710. The third-order valence-corrected chi connectivity index (χ3v) is 12.5. The van der Waals surface area contributed by atoms with Crippen molar-refractivity contribution in [3.8, 4) is 0 Å². The zero-order valence-corrected chi connectivity index (χ0v) is 29.8. The number of anilines is 1. The highest BCUT2D eigenvalue weighted by molar-refractivity contribution is 8.13. The quantitative estimate of drug-likeness (QED) is 0.209. The lowest BCUT2D eigenvalue weighted by atomic mass is 9.44. The SMILES string of the molecule is CC(C)[C@H](N)C(=O)N[C@@H](C)C(=O)Nc1cc(C(=O)O[C@]2(C(=O)SCF)CC[C@H]3[C@@H]4C[C@H](F)C5=CC(=O)C=C[C@]5(C)[C@@]4(F)[C@@H](O)C[C@@]32C)ccc1F. The van der Waals surface area contributed by atoms with E-state index in [9.17, 15) is 37.9 Å². The molecule has 4 aliphatic rings. The third-order valence-electron chi connectivity index (χ3n) is 11.8. The molecule has 0 saturated heterocycles. The molecule has 51 heavy (non-hydrogen) atoms. The van der Waals surface area contributed by atoms with Gasteiger partial charge in [-0.1, -0.05) is 26.8 Å². The van der Waals surface area contributed by atoms with Crippen molar-refractivity contribution in [1.29, 1.82) is 0 Å². The first-order valence-electron chi connectivity index (χ1n) is 16.9. The molecule has 5 rings (SSSR count). The Labute approximate surface area is 297 Å². The van der Waals surface area contributed by atoms with Gasteiger partial charge in [0.05, 0.1) is 23.4 Å². The van der Waals surface area contributed by atoms with Crippen LogP contribution < -0.4 is 16.4 Å². The summed E-state index contributed by atoms with van der Waals surface area (Å²) in [4.78, 5) is 65.0. The fraction of sp³-hybridized carbons (Fsp3) is 0.583. The molecule has 5 N–H and O–H groups in total. The number of allylic oxidation sites excluding steroid dienone is 4. The minimum absolute atomic E-state index is 0.0602. The van der Waals surface area contributed by atoms with Gasteiger partial charge in [-0.05, 0) is 99.1 Å². The highest BCUT2D eigenvalue weighted by atomic mass is 32.2. The molecule has 10 atom stereocenters. The van der Waals surface area contributed by atoms with Crippen LogP contribution >= 0.6 is 11.8 Å². The molecule has 1 aromatic carbocycles. The van der Waals surface area contributed by atoms with Crippen LogP contribution in [0, 0.1) is 34.4 Å². The van der Waals surface area contributed by atoms with Gasteiger partial charge in [-0.3, -0.25) is 19.2 Å². The lowest BCUT2D eigenvalue weighted by Gasteiger charge is -2.63. The average molecular weight is 738 g/mol. The van der Waals surface area contributed by atoms with Gasteiger partial charge in [-0.25, -0.2) is 22.4 Å². The highest BCUT2D eigenvalue weighted by Gasteiger charge is 2.76. The number of thioether (sulfide) groups is 1. The van der Waals surface area contributed by atoms with Crippen molar-refractivity contribution in [2.45, 2.75) is 95.9 Å². The average Bonchev–Trinajstić information content (AvgIpc) is 3.35. The minimum Gasteiger partial charge on any atom is -0.446 e. The Balaban J connectivity index is 1.44. The Morgan fingerprint density at radius 2 is 1.82 bits per heavy atom. The molecule has 278 valence electrons. The van der Waals surface area contributed by atoms with Crippen LogP contribution in [0.4, 0.5) is 23.2 Å². The number of hydrogen-bond donors (Lipinski definition) is 4. The van der Waals surface area contributed by atoms with E-state index in [0.29, 0.717) is 0 Å². The van der Waals surface area contributed by atoms with Crippen molar-refractivity contribution in [2.24, 2.45) is 34.3 Å². The van der Waals surface area contributed by atoms with Gasteiger partial charge in [-0.2, -0.15) is 0 Å². The number of carbonyl (C=O) groups is 5. The number of alkyl halides is 3. The van der Waals surface area contributed by atoms with Gasteiger partial charge in [0.25, 0.3) is 0 Å². The van der Waals surface area contributed by atoms with E-state index in [4.69, 9.17) is 10.5 Å². The number of ether oxygens (including phenoxy) is 1. The molecule has 0 bridgehead atoms.